The molecule has 15 heavy (non-hydrogen) atoms. The van der Waals surface area contributed by atoms with Crippen LogP contribution in [0.15, 0.2) is 24.3 Å². The fourth-order valence-corrected chi connectivity index (χ4v) is 1.29. The third-order valence-corrected chi connectivity index (χ3v) is 1.99. The Bertz CT molecular complexity index is 506. The Morgan fingerprint density at radius 1 is 1.40 bits per heavy atom. The minimum Gasteiger partial charge on any atom is -0.478 e. The molecule has 0 spiro atoms. The number of aromatic carboxylic acids is 1. The normalized spacial score (nSPS) is 10.2. The molecule has 0 aliphatic carbocycles. The highest BCUT2D eigenvalue weighted by Crippen LogP contribution is 2.13. The summed E-state index contributed by atoms with van der Waals surface area (Å²) in [5.41, 5.74) is 0.639. The molecule has 0 saturated carbocycles. The van der Waals surface area contributed by atoms with Crippen molar-refractivity contribution < 1.29 is 9.90 Å². The van der Waals surface area contributed by atoms with Crippen LogP contribution in [0.1, 0.15) is 16.2 Å². The van der Waals surface area contributed by atoms with E-state index in [0.29, 0.717) is 11.5 Å². The van der Waals surface area contributed by atoms with Crippen LogP contribution in [0.3, 0.4) is 0 Å². The van der Waals surface area contributed by atoms with Crippen molar-refractivity contribution in [3.8, 4) is 5.69 Å². The van der Waals surface area contributed by atoms with Crippen LogP contribution in [0.2, 0.25) is 0 Å². The molecule has 1 aromatic heterocycles. The SMILES string of the molecule is Cc1nnnn1-c1ccccc1C(=O)O. The van der Waals surface area contributed by atoms with Crippen molar-refractivity contribution in [3.63, 3.8) is 0 Å². The molecule has 6 nitrogen and oxygen atoms in total. The first-order valence-electron chi connectivity index (χ1n) is 4.28. The summed E-state index contributed by atoms with van der Waals surface area (Å²) in [5.74, 6) is -0.454. The van der Waals surface area contributed by atoms with Gasteiger partial charge in [0.15, 0.2) is 5.82 Å². The van der Waals surface area contributed by atoms with Gasteiger partial charge in [-0.25, -0.2) is 4.79 Å². The summed E-state index contributed by atoms with van der Waals surface area (Å²) in [6, 6.07) is 6.57. The number of carboxylic acid groups (broad SMARTS) is 1. The molecule has 76 valence electrons. The molecule has 0 radical (unpaired) electrons. The van der Waals surface area contributed by atoms with E-state index in [4.69, 9.17) is 5.11 Å². The molecule has 6 heteroatoms. The minimum atomic E-state index is -1.000. The molecule has 0 atom stereocenters. The summed E-state index contributed by atoms with van der Waals surface area (Å²) < 4.78 is 1.39. The Morgan fingerprint density at radius 2 is 2.13 bits per heavy atom. The molecule has 0 unspecified atom stereocenters. The lowest BCUT2D eigenvalue weighted by atomic mass is 10.2. The number of aromatic nitrogens is 4. The molecule has 1 aromatic carbocycles. The number of carboxylic acids is 1. The average molecular weight is 204 g/mol. The van der Waals surface area contributed by atoms with Crippen LogP contribution in [-0.4, -0.2) is 31.3 Å². The maximum Gasteiger partial charge on any atom is 0.337 e. The van der Waals surface area contributed by atoms with Gasteiger partial charge in [-0.2, -0.15) is 4.68 Å². The van der Waals surface area contributed by atoms with Crippen LogP contribution < -0.4 is 0 Å². The third kappa shape index (κ3) is 1.56. The Labute approximate surface area is 85.2 Å². The molecule has 0 aliphatic heterocycles. The topological polar surface area (TPSA) is 80.9 Å². The van der Waals surface area contributed by atoms with E-state index >= 15 is 0 Å². The number of aryl methyl sites for hydroxylation is 1. The number of hydrogen-bond donors (Lipinski definition) is 1. The van der Waals surface area contributed by atoms with Crippen molar-refractivity contribution in [2.45, 2.75) is 6.92 Å². The van der Waals surface area contributed by atoms with Crippen LogP contribution in [0.5, 0.6) is 0 Å². The lowest BCUT2D eigenvalue weighted by Crippen LogP contribution is -2.07. The van der Waals surface area contributed by atoms with Crippen LogP contribution in [-0.2, 0) is 0 Å². The number of para-hydroxylation sites is 1. The standard InChI is InChI=1S/C9H8N4O2/c1-6-10-11-12-13(6)8-5-3-2-4-7(8)9(14)15/h2-5H,1H3,(H,14,15). The number of nitrogens with zero attached hydrogens (tertiary/aromatic N) is 4. The quantitative estimate of drug-likeness (QED) is 0.777. The van der Waals surface area contributed by atoms with Gasteiger partial charge in [-0.15, -0.1) is 5.10 Å². The zero-order valence-corrected chi connectivity index (χ0v) is 7.95. The first kappa shape index (κ1) is 9.32. The van der Waals surface area contributed by atoms with Crippen molar-refractivity contribution in [1.29, 1.82) is 0 Å². The Balaban J connectivity index is 2.63. The van der Waals surface area contributed by atoms with Gasteiger partial charge in [-0.3, -0.25) is 0 Å². The summed E-state index contributed by atoms with van der Waals surface area (Å²) >= 11 is 0. The number of carbonyl (C=O) groups is 1. The number of tetrazole rings is 1. The summed E-state index contributed by atoms with van der Waals surface area (Å²) in [7, 11) is 0. The number of hydrogen-bond acceptors (Lipinski definition) is 4. The number of rotatable bonds is 2. The molecular weight excluding hydrogens is 196 g/mol. The fourth-order valence-electron chi connectivity index (χ4n) is 1.29. The Morgan fingerprint density at radius 3 is 2.73 bits per heavy atom. The molecule has 0 bridgehead atoms. The second-order valence-electron chi connectivity index (χ2n) is 2.96. The molecule has 0 fully saturated rings. The van der Waals surface area contributed by atoms with Gasteiger partial charge in [-0.05, 0) is 29.5 Å². The van der Waals surface area contributed by atoms with E-state index in [1.165, 1.54) is 10.7 Å². The highest BCUT2D eigenvalue weighted by Gasteiger charge is 2.13. The zero-order chi connectivity index (χ0) is 10.8. The van der Waals surface area contributed by atoms with E-state index in [2.05, 4.69) is 15.5 Å². The molecule has 1 heterocycles. The minimum absolute atomic E-state index is 0.174. The van der Waals surface area contributed by atoms with Crippen molar-refractivity contribution in [2.24, 2.45) is 0 Å². The second-order valence-corrected chi connectivity index (χ2v) is 2.96. The molecule has 2 aromatic rings. The van der Waals surface area contributed by atoms with Crippen molar-refractivity contribution in [1.82, 2.24) is 20.2 Å². The van der Waals surface area contributed by atoms with E-state index in [1.54, 1.807) is 25.1 Å². The van der Waals surface area contributed by atoms with Crippen LogP contribution in [0, 0.1) is 6.92 Å². The zero-order valence-electron chi connectivity index (χ0n) is 7.95. The van der Waals surface area contributed by atoms with Gasteiger partial charge in [0.2, 0.25) is 0 Å². The van der Waals surface area contributed by atoms with E-state index in [-0.39, 0.29) is 5.56 Å². The summed E-state index contributed by atoms with van der Waals surface area (Å²) in [4.78, 5) is 10.9. The molecule has 2 rings (SSSR count). The molecule has 0 aliphatic rings. The van der Waals surface area contributed by atoms with E-state index < -0.39 is 5.97 Å². The number of benzene rings is 1. The molecular formula is C9H8N4O2. The highest BCUT2D eigenvalue weighted by molar-refractivity contribution is 5.91. The third-order valence-electron chi connectivity index (χ3n) is 1.99. The van der Waals surface area contributed by atoms with Gasteiger partial charge in [0, 0.05) is 0 Å². The lowest BCUT2D eigenvalue weighted by Gasteiger charge is -2.04. The summed E-state index contributed by atoms with van der Waals surface area (Å²) in [6.07, 6.45) is 0. The van der Waals surface area contributed by atoms with E-state index in [9.17, 15) is 4.79 Å². The smallest absolute Gasteiger partial charge is 0.337 e. The first-order valence-corrected chi connectivity index (χ1v) is 4.28. The van der Waals surface area contributed by atoms with Crippen molar-refractivity contribution >= 4 is 5.97 Å². The Hall–Kier alpha value is -2.24. The van der Waals surface area contributed by atoms with E-state index in [1.807, 2.05) is 0 Å². The van der Waals surface area contributed by atoms with Crippen LogP contribution in [0.25, 0.3) is 5.69 Å². The van der Waals surface area contributed by atoms with Gasteiger partial charge in [0.25, 0.3) is 0 Å². The first-order chi connectivity index (χ1) is 7.20. The molecule has 0 amide bonds. The van der Waals surface area contributed by atoms with Crippen molar-refractivity contribution in [2.75, 3.05) is 0 Å². The van der Waals surface area contributed by atoms with E-state index in [0.717, 1.165) is 0 Å². The van der Waals surface area contributed by atoms with Gasteiger partial charge < -0.3 is 5.11 Å². The molecule has 1 N–H and O–H groups in total. The maximum atomic E-state index is 10.9. The average Bonchev–Trinajstić information content (AvgIpc) is 2.64. The molecule has 0 saturated heterocycles. The summed E-state index contributed by atoms with van der Waals surface area (Å²) in [5, 5.41) is 19.9. The predicted molar refractivity (Wildman–Crippen MR) is 50.9 cm³/mol. The highest BCUT2D eigenvalue weighted by atomic mass is 16.4. The van der Waals surface area contributed by atoms with Gasteiger partial charge in [-0.1, -0.05) is 12.1 Å². The lowest BCUT2D eigenvalue weighted by molar-refractivity contribution is 0.0696. The van der Waals surface area contributed by atoms with Gasteiger partial charge in [0.1, 0.15) is 0 Å². The van der Waals surface area contributed by atoms with Crippen LogP contribution >= 0.6 is 0 Å². The van der Waals surface area contributed by atoms with Gasteiger partial charge >= 0.3 is 5.97 Å². The summed E-state index contributed by atoms with van der Waals surface area (Å²) in [6.45, 7) is 1.71. The maximum absolute atomic E-state index is 10.9. The van der Waals surface area contributed by atoms with Crippen molar-refractivity contribution in [3.05, 3.63) is 35.7 Å². The largest absolute Gasteiger partial charge is 0.478 e. The monoisotopic (exact) mass is 204 g/mol. The fraction of sp³-hybridized carbons (Fsp3) is 0.111. The second kappa shape index (κ2) is 3.49. The predicted octanol–water partition coefficient (Wildman–Crippen LogP) is 0.669. The van der Waals surface area contributed by atoms with Gasteiger partial charge in [0.05, 0.1) is 11.3 Å². The van der Waals surface area contributed by atoms with Crippen LogP contribution in [0.4, 0.5) is 0 Å². The Kier molecular flexibility index (Phi) is 2.17.